The molecule has 2 nitrogen and oxygen atoms in total. The lowest BCUT2D eigenvalue weighted by Gasteiger charge is -2.15. The van der Waals surface area contributed by atoms with Crippen LogP contribution in [-0.4, -0.2) is 12.4 Å². The van der Waals surface area contributed by atoms with Gasteiger partial charge in [0.15, 0.2) is 0 Å². The third kappa shape index (κ3) is 1.49. The first-order valence-electron chi connectivity index (χ1n) is 2.49. The smallest absolute Gasteiger partial charge is 0.369 e. The first-order chi connectivity index (χ1) is 4.61. The Morgan fingerprint density at radius 1 is 1.40 bits per heavy atom. The van der Waals surface area contributed by atoms with E-state index in [1.165, 1.54) is 6.20 Å². The van der Waals surface area contributed by atoms with Crippen molar-refractivity contribution in [3.8, 4) is 0 Å². The van der Waals surface area contributed by atoms with Gasteiger partial charge >= 0.3 is 6.18 Å². The molecule has 0 bridgehead atoms. The number of halogens is 3. The average Bonchev–Trinajstić information content (AvgIpc) is 1.88. The van der Waals surface area contributed by atoms with Gasteiger partial charge in [-0.2, -0.15) is 13.2 Å². The van der Waals surface area contributed by atoms with E-state index in [1.54, 1.807) is 0 Å². The van der Waals surface area contributed by atoms with Gasteiger partial charge in [0.2, 0.25) is 6.04 Å². The molecule has 0 amide bonds. The molecule has 0 fully saturated rings. The van der Waals surface area contributed by atoms with E-state index in [0.29, 0.717) is 0 Å². The van der Waals surface area contributed by atoms with Gasteiger partial charge in [0.05, 0.1) is 0 Å². The van der Waals surface area contributed by atoms with E-state index in [-0.39, 0.29) is 0 Å². The molecular formula is C5H4F3N2. The fourth-order valence-electron chi connectivity index (χ4n) is 0.480. The summed E-state index contributed by atoms with van der Waals surface area (Å²) in [5.74, 6) is 0. The van der Waals surface area contributed by atoms with Crippen molar-refractivity contribution in [2.24, 2.45) is 4.99 Å². The molecule has 0 aromatic rings. The van der Waals surface area contributed by atoms with Gasteiger partial charge in [0, 0.05) is 18.6 Å². The summed E-state index contributed by atoms with van der Waals surface area (Å²) in [5, 5.41) is 2.02. The Kier molecular flexibility index (Phi) is 1.65. The Hall–Kier alpha value is -1.00. The molecule has 0 aliphatic carbocycles. The van der Waals surface area contributed by atoms with Crippen LogP contribution in [0.3, 0.4) is 0 Å². The molecule has 1 radical (unpaired) electrons. The third-order valence-electron chi connectivity index (χ3n) is 0.908. The Morgan fingerprint density at radius 3 is 2.40 bits per heavy atom. The second kappa shape index (κ2) is 2.32. The van der Waals surface area contributed by atoms with Gasteiger partial charge in [-0.05, 0) is 0 Å². The molecule has 0 unspecified atom stereocenters. The van der Waals surface area contributed by atoms with E-state index in [2.05, 4.69) is 4.99 Å². The van der Waals surface area contributed by atoms with Crippen LogP contribution in [0.25, 0.3) is 0 Å². The van der Waals surface area contributed by atoms with Crippen molar-refractivity contribution in [1.29, 1.82) is 0 Å². The molecule has 0 saturated carbocycles. The van der Waals surface area contributed by atoms with Crippen molar-refractivity contribution in [3.05, 3.63) is 18.4 Å². The van der Waals surface area contributed by atoms with Crippen LogP contribution in [0.5, 0.6) is 0 Å². The van der Waals surface area contributed by atoms with Crippen molar-refractivity contribution < 1.29 is 13.2 Å². The zero-order valence-electron chi connectivity index (χ0n) is 4.81. The van der Waals surface area contributed by atoms with E-state index in [1.807, 2.05) is 5.32 Å². The summed E-state index contributed by atoms with van der Waals surface area (Å²) in [5.41, 5.74) is 0. The predicted octanol–water partition coefficient (Wildman–Crippen LogP) is 1.23. The van der Waals surface area contributed by atoms with E-state index >= 15 is 0 Å². The van der Waals surface area contributed by atoms with Crippen LogP contribution >= 0.6 is 0 Å². The topological polar surface area (TPSA) is 24.4 Å². The molecule has 1 aliphatic heterocycles. The van der Waals surface area contributed by atoms with Crippen LogP contribution in [0.4, 0.5) is 13.2 Å². The standard InChI is InChI=1S/C5H4F3N2/c6-5(7,8)4-3-9-1-2-10-4/h1-3,10H. The molecule has 0 aromatic carbocycles. The van der Waals surface area contributed by atoms with Crippen LogP contribution < -0.4 is 5.32 Å². The van der Waals surface area contributed by atoms with Crippen LogP contribution in [0.15, 0.2) is 17.4 Å². The van der Waals surface area contributed by atoms with Crippen LogP contribution in [0.1, 0.15) is 0 Å². The van der Waals surface area contributed by atoms with Gasteiger partial charge in [-0.3, -0.25) is 4.99 Å². The van der Waals surface area contributed by atoms with Gasteiger partial charge in [0.1, 0.15) is 0 Å². The minimum atomic E-state index is -4.33. The highest BCUT2D eigenvalue weighted by Crippen LogP contribution is 2.25. The van der Waals surface area contributed by atoms with E-state index < -0.39 is 12.2 Å². The summed E-state index contributed by atoms with van der Waals surface area (Å²) in [6.07, 6.45) is -1.22. The zero-order valence-corrected chi connectivity index (χ0v) is 4.81. The summed E-state index contributed by atoms with van der Waals surface area (Å²) in [6.45, 7) is 0. The number of aliphatic imine (C=N–C) groups is 1. The third-order valence-corrected chi connectivity index (χ3v) is 0.908. The van der Waals surface area contributed by atoms with E-state index in [0.717, 1.165) is 12.4 Å². The van der Waals surface area contributed by atoms with Gasteiger partial charge in [0.25, 0.3) is 0 Å². The zero-order chi connectivity index (χ0) is 7.61. The fraction of sp³-hybridized carbons (Fsp3) is 0.200. The number of hydrogen-bond donors (Lipinski definition) is 1. The van der Waals surface area contributed by atoms with E-state index in [9.17, 15) is 13.2 Å². The van der Waals surface area contributed by atoms with E-state index in [4.69, 9.17) is 0 Å². The minimum absolute atomic E-state index is 0.736. The average molecular weight is 149 g/mol. The number of hydrogen-bond acceptors (Lipinski definition) is 2. The predicted molar refractivity (Wildman–Crippen MR) is 30.1 cm³/mol. The summed E-state index contributed by atoms with van der Waals surface area (Å²) < 4.78 is 35.1. The van der Waals surface area contributed by atoms with Crippen molar-refractivity contribution in [2.75, 3.05) is 0 Å². The number of nitrogens with zero attached hydrogens (tertiary/aromatic N) is 1. The number of rotatable bonds is 0. The molecule has 1 heterocycles. The summed E-state index contributed by atoms with van der Waals surface area (Å²) in [6, 6.07) is -0.838. The Bertz CT molecular complexity index is 170. The highest BCUT2D eigenvalue weighted by atomic mass is 19.4. The summed E-state index contributed by atoms with van der Waals surface area (Å²) in [7, 11) is 0. The molecule has 0 spiro atoms. The summed E-state index contributed by atoms with van der Waals surface area (Å²) >= 11 is 0. The maximum atomic E-state index is 11.7. The Balaban J connectivity index is 2.60. The van der Waals surface area contributed by atoms with Gasteiger partial charge in [-0.25, -0.2) is 0 Å². The molecule has 1 N–H and O–H groups in total. The highest BCUT2D eigenvalue weighted by Gasteiger charge is 2.39. The van der Waals surface area contributed by atoms with Crippen LogP contribution in [-0.2, 0) is 0 Å². The second-order valence-corrected chi connectivity index (χ2v) is 1.65. The molecule has 0 saturated heterocycles. The normalized spacial score (nSPS) is 19.1. The molecule has 55 valence electrons. The highest BCUT2D eigenvalue weighted by molar-refractivity contribution is 5.76. The SMILES string of the molecule is FC(F)(F)[C]1C=NC=CN1. The van der Waals surface area contributed by atoms with Crippen molar-refractivity contribution >= 4 is 6.21 Å². The van der Waals surface area contributed by atoms with Crippen molar-refractivity contribution in [2.45, 2.75) is 6.18 Å². The molecular weight excluding hydrogens is 145 g/mol. The minimum Gasteiger partial charge on any atom is -0.369 e. The molecule has 1 aliphatic rings. The maximum Gasteiger partial charge on any atom is 0.419 e. The van der Waals surface area contributed by atoms with Crippen LogP contribution in [0.2, 0.25) is 0 Å². The molecule has 5 heteroatoms. The van der Waals surface area contributed by atoms with Crippen LogP contribution in [0, 0.1) is 6.04 Å². The van der Waals surface area contributed by atoms with Crippen molar-refractivity contribution in [3.63, 3.8) is 0 Å². The van der Waals surface area contributed by atoms with Crippen molar-refractivity contribution in [1.82, 2.24) is 5.32 Å². The number of nitrogens with one attached hydrogen (secondary N) is 1. The fourth-order valence-corrected chi connectivity index (χ4v) is 0.480. The quantitative estimate of drug-likeness (QED) is 0.550. The lowest BCUT2D eigenvalue weighted by Crippen LogP contribution is -2.33. The summed E-state index contributed by atoms with van der Waals surface area (Å²) in [4.78, 5) is 3.30. The maximum absolute atomic E-state index is 11.7. The molecule has 10 heavy (non-hydrogen) atoms. The lowest BCUT2D eigenvalue weighted by atomic mass is 10.3. The Morgan fingerprint density at radius 2 is 2.10 bits per heavy atom. The molecule has 0 aromatic heterocycles. The first-order valence-corrected chi connectivity index (χ1v) is 2.49. The van der Waals surface area contributed by atoms with Gasteiger partial charge in [-0.1, -0.05) is 0 Å². The number of alkyl halides is 3. The Labute approximate surface area is 55.4 Å². The van der Waals surface area contributed by atoms with Gasteiger partial charge < -0.3 is 5.32 Å². The molecule has 1 rings (SSSR count). The monoisotopic (exact) mass is 149 g/mol. The van der Waals surface area contributed by atoms with Gasteiger partial charge in [-0.15, -0.1) is 0 Å². The first kappa shape index (κ1) is 7.11. The largest absolute Gasteiger partial charge is 0.419 e. The lowest BCUT2D eigenvalue weighted by molar-refractivity contribution is -0.108. The second-order valence-electron chi connectivity index (χ2n) is 1.65. The molecule has 0 atom stereocenters.